The number of pyridine rings is 1. The SMILES string of the molecule is CC(CCCC(=O)O)NC(=O)c1nc(Cl)ccc1Cl. The molecule has 0 aliphatic carbocycles. The van der Waals surface area contributed by atoms with E-state index in [1.807, 2.05) is 0 Å². The Balaban J connectivity index is 2.54. The molecule has 0 saturated carbocycles. The molecule has 1 atom stereocenters. The van der Waals surface area contributed by atoms with Crippen LogP contribution >= 0.6 is 23.2 Å². The summed E-state index contributed by atoms with van der Waals surface area (Å²) >= 11 is 11.6. The van der Waals surface area contributed by atoms with Crippen molar-refractivity contribution in [3.8, 4) is 0 Å². The molecule has 5 nitrogen and oxygen atoms in total. The third-order valence-electron chi connectivity index (χ3n) is 2.43. The number of carboxylic acid groups (broad SMARTS) is 1. The summed E-state index contributed by atoms with van der Waals surface area (Å²) in [6, 6.07) is 2.83. The van der Waals surface area contributed by atoms with Crippen molar-refractivity contribution in [1.29, 1.82) is 0 Å². The lowest BCUT2D eigenvalue weighted by molar-refractivity contribution is -0.137. The van der Waals surface area contributed by atoms with Crippen LogP contribution in [0.2, 0.25) is 10.2 Å². The number of rotatable bonds is 6. The van der Waals surface area contributed by atoms with Crippen molar-refractivity contribution in [3.05, 3.63) is 28.0 Å². The molecule has 0 aliphatic rings. The topological polar surface area (TPSA) is 79.3 Å². The minimum Gasteiger partial charge on any atom is -0.481 e. The molecule has 0 saturated heterocycles. The fourth-order valence-electron chi connectivity index (χ4n) is 1.50. The fraction of sp³-hybridized carbons (Fsp3) is 0.417. The monoisotopic (exact) mass is 304 g/mol. The Kier molecular flexibility index (Phi) is 6.05. The van der Waals surface area contributed by atoms with Crippen LogP contribution in [0.15, 0.2) is 12.1 Å². The number of hydrogen-bond donors (Lipinski definition) is 2. The maximum atomic E-state index is 11.9. The molecule has 0 fully saturated rings. The number of amides is 1. The van der Waals surface area contributed by atoms with Crippen molar-refractivity contribution in [2.24, 2.45) is 0 Å². The van der Waals surface area contributed by atoms with Gasteiger partial charge in [0.15, 0.2) is 0 Å². The third-order valence-corrected chi connectivity index (χ3v) is 2.95. The zero-order valence-electron chi connectivity index (χ0n) is 10.3. The first-order chi connectivity index (χ1) is 8.90. The molecule has 0 spiro atoms. The van der Waals surface area contributed by atoms with Crippen LogP contribution in [0.25, 0.3) is 0 Å². The summed E-state index contributed by atoms with van der Waals surface area (Å²) in [6.07, 6.45) is 1.14. The van der Waals surface area contributed by atoms with Crippen molar-refractivity contribution in [3.63, 3.8) is 0 Å². The number of nitrogens with zero attached hydrogens (tertiary/aromatic N) is 1. The average molecular weight is 305 g/mol. The first kappa shape index (κ1) is 15.7. The second-order valence-electron chi connectivity index (χ2n) is 4.12. The molecule has 7 heteroatoms. The maximum absolute atomic E-state index is 11.9. The fourth-order valence-corrected chi connectivity index (χ4v) is 1.84. The number of halogens is 2. The van der Waals surface area contributed by atoms with E-state index in [4.69, 9.17) is 28.3 Å². The van der Waals surface area contributed by atoms with Gasteiger partial charge in [0, 0.05) is 12.5 Å². The first-order valence-corrected chi connectivity index (χ1v) is 6.50. The van der Waals surface area contributed by atoms with Gasteiger partial charge in [-0.3, -0.25) is 9.59 Å². The van der Waals surface area contributed by atoms with E-state index >= 15 is 0 Å². The van der Waals surface area contributed by atoms with E-state index in [0.717, 1.165) is 0 Å². The van der Waals surface area contributed by atoms with Gasteiger partial charge in [0.05, 0.1) is 5.02 Å². The number of carboxylic acids is 1. The smallest absolute Gasteiger partial charge is 0.303 e. The number of carbonyl (C=O) groups is 2. The summed E-state index contributed by atoms with van der Waals surface area (Å²) in [5.74, 6) is -1.27. The van der Waals surface area contributed by atoms with Crippen LogP contribution in [0.3, 0.4) is 0 Å². The molecule has 1 aromatic rings. The number of carbonyl (C=O) groups excluding carboxylic acids is 1. The van der Waals surface area contributed by atoms with Gasteiger partial charge in [-0.15, -0.1) is 0 Å². The highest BCUT2D eigenvalue weighted by Gasteiger charge is 2.15. The summed E-state index contributed by atoms with van der Waals surface area (Å²) in [5, 5.41) is 11.6. The molecule has 0 radical (unpaired) electrons. The van der Waals surface area contributed by atoms with E-state index in [1.165, 1.54) is 12.1 Å². The number of aromatic nitrogens is 1. The Bertz CT molecular complexity index is 480. The quantitative estimate of drug-likeness (QED) is 0.792. The lowest BCUT2D eigenvalue weighted by atomic mass is 10.1. The predicted octanol–water partition coefficient (Wildman–Crippen LogP) is 2.76. The molecule has 0 aliphatic heterocycles. The van der Waals surface area contributed by atoms with E-state index in [2.05, 4.69) is 10.3 Å². The van der Waals surface area contributed by atoms with Crippen LogP contribution in [0.4, 0.5) is 0 Å². The van der Waals surface area contributed by atoms with Gasteiger partial charge in [0.25, 0.3) is 5.91 Å². The summed E-state index contributed by atoms with van der Waals surface area (Å²) < 4.78 is 0. The Morgan fingerprint density at radius 3 is 2.74 bits per heavy atom. The van der Waals surface area contributed by atoms with E-state index in [1.54, 1.807) is 6.92 Å². The molecule has 1 aromatic heterocycles. The predicted molar refractivity (Wildman–Crippen MR) is 72.7 cm³/mol. The summed E-state index contributed by atoms with van der Waals surface area (Å²) in [7, 11) is 0. The van der Waals surface area contributed by atoms with Gasteiger partial charge in [-0.1, -0.05) is 23.2 Å². The van der Waals surface area contributed by atoms with Crippen LogP contribution in [-0.2, 0) is 4.79 Å². The molecule has 1 unspecified atom stereocenters. The minimum absolute atomic E-state index is 0.0688. The molecule has 1 heterocycles. The molecular weight excluding hydrogens is 291 g/mol. The largest absolute Gasteiger partial charge is 0.481 e. The average Bonchev–Trinajstić information content (AvgIpc) is 2.31. The zero-order valence-corrected chi connectivity index (χ0v) is 11.8. The highest BCUT2D eigenvalue weighted by atomic mass is 35.5. The highest BCUT2D eigenvalue weighted by Crippen LogP contribution is 2.17. The van der Waals surface area contributed by atoms with Gasteiger partial charge >= 0.3 is 5.97 Å². The first-order valence-electron chi connectivity index (χ1n) is 5.75. The minimum atomic E-state index is -0.849. The molecule has 2 N–H and O–H groups in total. The molecule has 104 valence electrons. The lowest BCUT2D eigenvalue weighted by Gasteiger charge is -2.13. The van der Waals surface area contributed by atoms with Gasteiger partial charge in [-0.2, -0.15) is 0 Å². The van der Waals surface area contributed by atoms with Crippen LogP contribution in [-0.4, -0.2) is 28.0 Å². The lowest BCUT2D eigenvalue weighted by Crippen LogP contribution is -2.33. The van der Waals surface area contributed by atoms with E-state index in [-0.39, 0.29) is 28.3 Å². The Labute approximate surface area is 120 Å². The van der Waals surface area contributed by atoms with Gasteiger partial charge in [0.2, 0.25) is 0 Å². The van der Waals surface area contributed by atoms with Crippen molar-refractivity contribution in [2.45, 2.75) is 32.2 Å². The van der Waals surface area contributed by atoms with E-state index < -0.39 is 11.9 Å². The number of nitrogens with one attached hydrogen (secondary N) is 1. The Morgan fingerprint density at radius 2 is 2.11 bits per heavy atom. The van der Waals surface area contributed by atoms with Crippen LogP contribution in [0.5, 0.6) is 0 Å². The Hall–Kier alpha value is -1.33. The number of hydrogen-bond acceptors (Lipinski definition) is 3. The van der Waals surface area contributed by atoms with Gasteiger partial charge in [-0.05, 0) is 31.9 Å². The van der Waals surface area contributed by atoms with Crippen molar-refractivity contribution in [2.75, 3.05) is 0 Å². The molecule has 0 bridgehead atoms. The van der Waals surface area contributed by atoms with Gasteiger partial charge < -0.3 is 10.4 Å². The maximum Gasteiger partial charge on any atom is 0.303 e. The second-order valence-corrected chi connectivity index (χ2v) is 4.92. The molecule has 1 rings (SSSR count). The normalized spacial score (nSPS) is 11.9. The number of aliphatic carboxylic acids is 1. The molecular formula is C12H14Cl2N2O3. The van der Waals surface area contributed by atoms with Crippen LogP contribution in [0, 0.1) is 0 Å². The highest BCUT2D eigenvalue weighted by molar-refractivity contribution is 6.34. The van der Waals surface area contributed by atoms with Crippen LogP contribution in [0.1, 0.15) is 36.7 Å². The van der Waals surface area contributed by atoms with Gasteiger partial charge in [0.1, 0.15) is 10.8 Å². The molecule has 1 amide bonds. The summed E-state index contributed by atoms with van der Waals surface area (Å²) in [6.45, 7) is 1.79. The standard InChI is InChI=1S/C12H14Cl2N2O3/c1-7(3-2-4-10(17)18)15-12(19)11-8(13)5-6-9(14)16-11/h5-7H,2-4H2,1H3,(H,15,19)(H,17,18). The van der Waals surface area contributed by atoms with E-state index in [0.29, 0.717) is 12.8 Å². The molecule has 0 aromatic carbocycles. The second kappa shape index (κ2) is 7.31. The van der Waals surface area contributed by atoms with Gasteiger partial charge in [-0.25, -0.2) is 4.98 Å². The van der Waals surface area contributed by atoms with E-state index in [9.17, 15) is 9.59 Å². The van der Waals surface area contributed by atoms with Crippen molar-refractivity contribution >= 4 is 35.1 Å². The summed E-state index contributed by atoms with van der Waals surface area (Å²) in [4.78, 5) is 26.1. The third kappa shape index (κ3) is 5.44. The van der Waals surface area contributed by atoms with Crippen LogP contribution < -0.4 is 5.32 Å². The van der Waals surface area contributed by atoms with Crippen molar-refractivity contribution < 1.29 is 14.7 Å². The summed E-state index contributed by atoms with van der Waals surface area (Å²) in [5.41, 5.74) is 0.0688. The van der Waals surface area contributed by atoms with Crippen molar-refractivity contribution in [1.82, 2.24) is 10.3 Å². The Morgan fingerprint density at radius 1 is 1.42 bits per heavy atom. The zero-order chi connectivity index (χ0) is 14.4. The molecule has 19 heavy (non-hydrogen) atoms.